The summed E-state index contributed by atoms with van der Waals surface area (Å²) >= 11 is 0. The van der Waals surface area contributed by atoms with Crippen molar-refractivity contribution in [3.8, 4) is 22.8 Å². The number of aromatic nitrogens is 4. The Morgan fingerprint density at radius 3 is 2.39 bits per heavy atom. The number of methoxy groups -OCH3 is 2. The van der Waals surface area contributed by atoms with Crippen molar-refractivity contribution in [3.63, 3.8) is 0 Å². The van der Waals surface area contributed by atoms with Crippen LogP contribution in [0.4, 0.5) is 11.4 Å². The fourth-order valence-corrected chi connectivity index (χ4v) is 5.63. The molecule has 0 unspecified atom stereocenters. The molecule has 2 aromatic carbocycles. The summed E-state index contributed by atoms with van der Waals surface area (Å²) in [6.45, 7) is 6.58. The molecule has 1 saturated heterocycles. The summed E-state index contributed by atoms with van der Waals surface area (Å²) in [5.41, 5.74) is 4.49. The van der Waals surface area contributed by atoms with Crippen molar-refractivity contribution < 1.29 is 14.3 Å². The van der Waals surface area contributed by atoms with Gasteiger partial charge in [0, 0.05) is 53.8 Å². The molecule has 4 aromatic rings. The Morgan fingerprint density at radius 1 is 0.976 bits per heavy atom. The minimum atomic E-state index is -0.737. The molecular formula is C32H38N6O3. The van der Waals surface area contributed by atoms with Gasteiger partial charge in [0.1, 0.15) is 17.0 Å². The van der Waals surface area contributed by atoms with Gasteiger partial charge in [-0.1, -0.05) is 0 Å². The predicted octanol–water partition coefficient (Wildman–Crippen LogP) is 5.36. The average Bonchev–Trinajstić information content (AvgIpc) is 3.70. The van der Waals surface area contributed by atoms with Gasteiger partial charge in [0.2, 0.25) is 0 Å². The van der Waals surface area contributed by atoms with Crippen LogP contribution in [-0.2, 0) is 10.3 Å². The summed E-state index contributed by atoms with van der Waals surface area (Å²) in [7, 11) is 3.34. The molecule has 214 valence electrons. The molecule has 1 saturated carbocycles. The number of piperidine rings is 1. The van der Waals surface area contributed by atoms with Crippen molar-refractivity contribution in [2.75, 3.05) is 38.8 Å². The number of hydrogen-bond acceptors (Lipinski definition) is 8. The number of nitrogens with zero attached hydrogens (tertiary/aromatic N) is 5. The van der Waals surface area contributed by atoms with E-state index in [1.807, 2.05) is 44.3 Å². The van der Waals surface area contributed by atoms with Crippen LogP contribution in [-0.4, -0.2) is 59.4 Å². The van der Waals surface area contributed by atoms with Crippen LogP contribution >= 0.6 is 0 Å². The van der Waals surface area contributed by atoms with Gasteiger partial charge in [-0.05, 0) is 76.7 Å². The number of benzene rings is 2. The van der Waals surface area contributed by atoms with E-state index in [1.54, 1.807) is 31.3 Å². The highest BCUT2D eigenvalue weighted by Crippen LogP contribution is 2.39. The van der Waals surface area contributed by atoms with Crippen LogP contribution in [0, 0.1) is 11.8 Å². The average molecular weight is 555 g/mol. The highest BCUT2D eigenvalue weighted by atomic mass is 16.5. The second kappa shape index (κ2) is 11.1. The van der Waals surface area contributed by atoms with Crippen molar-refractivity contribution in [3.05, 3.63) is 55.0 Å². The Morgan fingerprint density at radius 2 is 1.71 bits per heavy atom. The summed E-state index contributed by atoms with van der Waals surface area (Å²) in [4.78, 5) is 25.4. The van der Waals surface area contributed by atoms with Gasteiger partial charge in [0.15, 0.2) is 5.78 Å². The number of carbonyl (C=O) groups excluding carboxylic acids is 1. The van der Waals surface area contributed by atoms with Crippen molar-refractivity contribution in [1.82, 2.24) is 25.1 Å². The van der Waals surface area contributed by atoms with Crippen molar-refractivity contribution in [2.24, 2.45) is 11.8 Å². The lowest BCUT2D eigenvalue weighted by atomic mass is 9.83. The van der Waals surface area contributed by atoms with E-state index >= 15 is 0 Å². The molecule has 3 heterocycles. The summed E-state index contributed by atoms with van der Waals surface area (Å²) in [5, 5.41) is 7.94. The highest BCUT2D eigenvalue weighted by molar-refractivity contribution is 5.88. The van der Waals surface area contributed by atoms with Crippen LogP contribution in [0.1, 0.15) is 39.5 Å². The minimum Gasteiger partial charge on any atom is -0.497 e. The van der Waals surface area contributed by atoms with Gasteiger partial charge < -0.3 is 19.7 Å². The molecule has 2 fully saturated rings. The number of carbonyl (C=O) groups is 1. The summed E-state index contributed by atoms with van der Waals surface area (Å²) < 4.78 is 12.9. The molecule has 0 bridgehead atoms. The molecule has 0 radical (unpaired) electrons. The second-order valence-corrected chi connectivity index (χ2v) is 11.7. The molecule has 1 aliphatic carbocycles. The predicted molar refractivity (Wildman–Crippen MR) is 160 cm³/mol. The molecule has 1 N–H and O–H groups in total. The molecule has 0 atom stereocenters. The monoisotopic (exact) mass is 554 g/mol. The standard InChI is InChI=1S/C32H38N6O3/c1-32(2,31(39)22-9-11-33-12-10-22)38-20-23(17-35-38)30-18-34-28-8-7-24(15-29(28)36-30)37(19-21-5-6-21)25-13-26(40-3)16-27(14-25)41-4/h7-8,13-18,20-22,33H,5-6,9-12,19H2,1-4H3. The third kappa shape index (κ3) is 5.63. The van der Waals surface area contributed by atoms with Gasteiger partial charge in [0.05, 0.1) is 43.3 Å². The quantitative estimate of drug-likeness (QED) is 0.280. The van der Waals surface area contributed by atoms with Crippen molar-refractivity contribution in [2.45, 2.75) is 45.1 Å². The number of ketones is 1. The minimum absolute atomic E-state index is 0.0564. The van der Waals surface area contributed by atoms with Crippen LogP contribution in [0.5, 0.6) is 11.5 Å². The number of hydrogen-bond donors (Lipinski definition) is 1. The van der Waals surface area contributed by atoms with E-state index in [-0.39, 0.29) is 11.7 Å². The maximum Gasteiger partial charge on any atom is 0.163 e. The van der Waals surface area contributed by atoms with Gasteiger partial charge in [-0.25, -0.2) is 4.98 Å². The third-order valence-electron chi connectivity index (χ3n) is 8.39. The molecule has 6 rings (SSSR count). The van der Waals surface area contributed by atoms with E-state index in [9.17, 15) is 4.79 Å². The molecule has 9 heteroatoms. The van der Waals surface area contributed by atoms with E-state index in [1.165, 1.54) is 12.8 Å². The van der Waals surface area contributed by atoms with Gasteiger partial charge >= 0.3 is 0 Å². The van der Waals surface area contributed by atoms with E-state index in [0.717, 1.165) is 77.6 Å². The number of Topliss-reactive ketones (excluding diaryl/α,β-unsaturated/α-hetero) is 1. The zero-order chi connectivity index (χ0) is 28.6. The van der Waals surface area contributed by atoms with Gasteiger partial charge in [-0.3, -0.25) is 14.5 Å². The lowest BCUT2D eigenvalue weighted by Crippen LogP contribution is -2.44. The Labute approximate surface area is 240 Å². The highest BCUT2D eigenvalue weighted by Gasteiger charge is 2.36. The second-order valence-electron chi connectivity index (χ2n) is 11.7. The van der Waals surface area contributed by atoms with Crippen LogP contribution in [0.25, 0.3) is 22.3 Å². The van der Waals surface area contributed by atoms with E-state index in [2.05, 4.69) is 27.4 Å². The Bertz CT molecular complexity index is 1530. The smallest absolute Gasteiger partial charge is 0.163 e. The number of rotatable bonds is 10. The molecular weight excluding hydrogens is 516 g/mol. The maximum absolute atomic E-state index is 13.4. The summed E-state index contributed by atoms with van der Waals surface area (Å²) in [6.07, 6.45) is 9.68. The SMILES string of the molecule is COc1cc(OC)cc(N(CC2CC2)c2ccc3ncc(-c4cnn(C(C)(C)C(=O)C5CCNCC5)c4)nc3c2)c1. The van der Waals surface area contributed by atoms with Gasteiger partial charge in [-0.15, -0.1) is 0 Å². The first-order valence-corrected chi connectivity index (χ1v) is 14.4. The Hall–Kier alpha value is -3.98. The first-order chi connectivity index (χ1) is 19.9. The zero-order valence-electron chi connectivity index (χ0n) is 24.3. The summed E-state index contributed by atoms with van der Waals surface area (Å²) in [5.74, 6) is 2.44. The molecule has 1 aliphatic heterocycles. The lowest BCUT2D eigenvalue weighted by molar-refractivity contribution is -0.131. The first-order valence-electron chi connectivity index (χ1n) is 14.4. The molecule has 2 aliphatic rings. The topological polar surface area (TPSA) is 94.4 Å². The van der Waals surface area contributed by atoms with E-state index in [4.69, 9.17) is 19.4 Å². The number of fused-ring (bicyclic) bond motifs is 1. The van der Waals surface area contributed by atoms with Crippen molar-refractivity contribution in [1.29, 1.82) is 0 Å². The third-order valence-corrected chi connectivity index (χ3v) is 8.39. The van der Waals surface area contributed by atoms with E-state index in [0.29, 0.717) is 5.92 Å². The van der Waals surface area contributed by atoms with Crippen LogP contribution < -0.4 is 19.7 Å². The molecule has 0 amide bonds. The Kier molecular flexibility index (Phi) is 7.38. The molecule has 2 aromatic heterocycles. The van der Waals surface area contributed by atoms with Crippen LogP contribution in [0.2, 0.25) is 0 Å². The van der Waals surface area contributed by atoms with Crippen molar-refractivity contribution >= 4 is 28.2 Å². The van der Waals surface area contributed by atoms with Crippen LogP contribution in [0.15, 0.2) is 55.0 Å². The first kappa shape index (κ1) is 27.2. The lowest BCUT2D eigenvalue weighted by Gasteiger charge is -2.31. The fraction of sp³-hybridized carbons (Fsp3) is 0.438. The number of nitrogens with one attached hydrogen (secondary N) is 1. The number of ether oxygens (including phenoxy) is 2. The molecule has 9 nitrogen and oxygen atoms in total. The maximum atomic E-state index is 13.4. The van der Waals surface area contributed by atoms with Gasteiger partial charge in [0.25, 0.3) is 0 Å². The number of anilines is 2. The normalized spacial score (nSPS) is 16.1. The van der Waals surface area contributed by atoms with Gasteiger partial charge in [-0.2, -0.15) is 5.10 Å². The fourth-order valence-electron chi connectivity index (χ4n) is 5.63. The zero-order valence-corrected chi connectivity index (χ0v) is 24.3. The van der Waals surface area contributed by atoms with E-state index < -0.39 is 5.54 Å². The summed E-state index contributed by atoms with van der Waals surface area (Å²) in [6, 6.07) is 12.2. The molecule has 41 heavy (non-hydrogen) atoms. The Balaban J connectivity index is 1.31. The largest absolute Gasteiger partial charge is 0.497 e. The molecule has 0 spiro atoms. The van der Waals surface area contributed by atoms with Crippen LogP contribution in [0.3, 0.4) is 0 Å².